The lowest BCUT2D eigenvalue weighted by atomic mass is 9.99. The molecule has 0 aliphatic carbocycles. The largest absolute Gasteiger partial charge is 0.361 e. The highest BCUT2D eigenvalue weighted by molar-refractivity contribution is 5.27. The second-order valence-electron chi connectivity index (χ2n) is 5.47. The lowest BCUT2D eigenvalue weighted by Crippen LogP contribution is -2.36. The molecule has 0 radical (unpaired) electrons. The van der Waals surface area contributed by atoms with Gasteiger partial charge in [0.05, 0.1) is 35.5 Å². The predicted octanol–water partition coefficient (Wildman–Crippen LogP) is 2.55. The van der Waals surface area contributed by atoms with E-state index < -0.39 is 0 Å². The summed E-state index contributed by atoms with van der Waals surface area (Å²) in [5.41, 5.74) is 3.07. The van der Waals surface area contributed by atoms with Crippen molar-refractivity contribution >= 4 is 0 Å². The lowest BCUT2D eigenvalue weighted by molar-refractivity contribution is 0.386. The second-order valence-corrected chi connectivity index (χ2v) is 5.47. The fraction of sp³-hybridized carbons (Fsp3) is 0.571. The zero-order chi connectivity index (χ0) is 14.2. The molecule has 0 saturated carbocycles. The molecule has 1 unspecified atom stereocenters. The van der Waals surface area contributed by atoms with E-state index in [4.69, 9.17) is 4.52 Å². The Bertz CT molecular complexity index is 548. The van der Waals surface area contributed by atoms with Gasteiger partial charge in [0.1, 0.15) is 5.76 Å². The Hall–Kier alpha value is -1.62. The lowest BCUT2D eigenvalue weighted by Gasteiger charge is -2.28. The van der Waals surface area contributed by atoms with Crippen molar-refractivity contribution in [1.82, 2.24) is 20.0 Å². The van der Waals surface area contributed by atoms with Gasteiger partial charge in [0, 0.05) is 5.56 Å². The van der Waals surface area contributed by atoms with Crippen LogP contribution in [0.25, 0.3) is 0 Å². The standard InChI is InChI=1S/C14H22N4O/c1-9-13(11(3)19-17-9)10(2)18-8-16-7-12(18)14(4,5)15-6/h7-8,10,15H,1-6H3. The first kappa shape index (κ1) is 13.8. The van der Waals surface area contributed by atoms with Crippen LogP contribution in [0.4, 0.5) is 0 Å². The normalized spacial score (nSPS) is 13.8. The molecule has 0 aromatic carbocycles. The van der Waals surface area contributed by atoms with Crippen LogP contribution in [-0.4, -0.2) is 21.8 Å². The minimum absolute atomic E-state index is 0.135. The van der Waals surface area contributed by atoms with E-state index in [1.165, 1.54) is 0 Å². The Morgan fingerprint density at radius 1 is 1.37 bits per heavy atom. The van der Waals surface area contributed by atoms with Crippen LogP contribution in [-0.2, 0) is 5.54 Å². The summed E-state index contributed by atoms with van der Waals surface area (Å²) in [7, 11) is 1.96. The van der Waals surface area contributed by atoms with Crippen molar-refractivity contribution in [2.45, 2.75) is 46.2 Å². The van der Waals surface area contributed by atoms with E-state index in [2.05, 4.69) is 40.8 Å². The van der Waals surface area contributed by atoms with Crippen molar-refractivity contribution in [2.24, 2.45) is 0 Å². The quantitative estimate of drug-likeness (QED) is 0.920. The van der Waals surface area contributed by atoms with Crippen LogP contribution in [0, 0.1) is 13.8 Å². The van der Waals surface area contributed by atoms with Gasteiger partial charge in [-0.1, -0.05) is 5.16 Å². The van der Waals surface area contributed by atoms with E-state index in [0.29, 0.717) is 0 Å². The number of nitrogens with one attached hydrogen (secondary N) is 1. The number of rotatable bonds is 4. The first-order chi connectivity index (χ1) is 8.88. The first-order valence-electron chi connectivity index (χ1n) is 6.52. The van der Waals surface area contributed by atoms with Crippen LogP contribution in [0.15, 0.2) is 17.0 Å². The monoisotopic (exact) mass is 262 g/mol. The van der Waals surface area contributed by atoms with Gasteiger partial charge in [-0.15, -0.1) is 0 Å². The average molecular weight is 262 g/mol. The number of nitrogens with zero attached hydrogens (tertiary/aromatic N) is 3. The summed E-state index contributed by atoms with van der Waals surface area (Å²) in [6.07, 6.45) is 3.77. The van der Waals surface area contributed by atoms with Gasteiger partial charge < -0.3 is 14.4 Å². The molecule has 0 aliphatic rings. The van der Waals surface area contributed by atoms with Crippen LogP contribution in [0.2, 0.25) is 0 Å². The molecule has 0 fully saturated rings. The molecule has 1 N–H and O–H groups in total. The zero-order valence-corrected chi connectivity index (χ0v) is 12.5. The molecule has 0 bridgehead atoms. The molecular weight excluding hydrogens is 240 g/mol. The molecule has 0 spiro atoms. The van der Waals surface area contributed by atoms with E-state index in [-0.39, 0.29) is 11.6 Å². The molecule has 0 saturated heterocycles. The SMILES string of the molecule is CNC(C)(C)c1cncn1C(C)c1c(C)noc1C. The van der Waals surface area contributed by atoms with Crippen LogP contribution < -0.4 is 5.32 Å². The fourth-order valence-electron chi connectivity index (χ4n) is 2.45. The highest BCUT2D eigenvalue weighted by atomic mass is 16.5. The van der Waals surface area contributed by atoms with Gasteiger partial charge in [0.15, 0.2) is 0 Å². The van der Waals surface area contributed by atoms with E-state index in [1.807, 2.05) is 33.4 Å². The van der Waals surface area contributed by atoms with Crippen molar-refractivity contribution in [1.29, 1.82) is 0 Å². The maximum absolute atomic E-state index is 5.27. The Labute approximate surface area is 114 Å². The molecule has 2 aromatic heterocycles. The summed E-state index contributed by atoms with van der Waals surface area (Å²) in [6.45, 7) is 10.3. The Balaban J connectivity index is 2.47. The van der Waals surface area contributed by atoms with Gasteiger partial charge in [0.25, 0.3) is 0 Å². The van der Waals surface area contributed by atoms with Gasteiger partial charge in [0.2, 0.25) is 0 Å². The maximum atomic E-state index is 5.27. The van der Waals surface area contributed by atoms with Crippen LogP contribution in [0.5, 0.6) is 0 Å². The van der Waals surface area contributed by atoms with Gasteiger partial charge in [-0.2, -0.15) is 0 Å². The van der Waals surface area contributed by atoms with E-state index in [1.54, 1.807) is 0 Å². The Morgan fingerprint density at radius 3 is 2.58 bits per heavy atom. The smallest absolute Gasteiger partial charge is 0.139 e. The summed E-state index contributed by atoms with van der Waals surface area (Å²) in [5, 5.41) is 7.35. The van der Waals surface area contributed by atoms with Crippen molar-refractivity contribution in [3.05, 3.63) is 35.2 Å². The van der Waals surface area contributed by atoms with Crippen molar-refractivity contribution < 1.29 is 4.52 Å². The number of aryl methyl sites for hydroxylation is 2. The highest BCUT2D eigenvalue weighted by Gasteiger charge is 2.26. The molecule has 104 valence electrons. The summed E-state index contributed by atoms with van der Waals surface area (Å²) in [4.78, 5) is 4.30. The molecular formula is C14H22N4O. The summed E-state index contributed by atoms with van der Waals surface area (Å²) >= 11 is 0. The number of imidazole rings is 1. The third kappa shape index (κ3) is 2.30. The van der Waals surface area contributed by atoms with Crippen molar-refractivity contribution in [2.75, 3.05) is 7.05 Å². The average Bonchev–Trinajstić information content (AvgIpc) is 2.96. The molecule has 5 heteroatoms. The van der Waals surface area contributed by atoms with Gasteiger partial charge in [-0.05, 0) is 41.7 Å². The molecule has 19 heavy (non-hydrogen) atoms. The third-order valence-corrected chi connectivity index (χ3v) is 3.86. The van der Waals surface area contributed by atoms with Crippen molar-refractivity contribution in [3.63, 3.8) is 0 Å². The van der Waals surface area contributed by atoms with E-state index >= 15 is 0 Å². The van der Waals surface area contributed by atoms with Gasteiger partial charge in [-0.25, -0.2) is 4.98 Å². The van der Waals surface area contributed by atoms with E-state index in [9.17, 15) is 0 Å². The summed E-state index contributed by atoms with van der Waals surface area (Å²) < 4.78 is 7.44. The molecule has 2 rings (SSSR count). The molecule has 0 aliphatic heterocycles. The minimum Gasteiger partial charge on any atom is -0.361 e. The third-order valence-electron chi connectivity index (χ3n) is 3.86. The topological polar surface area (TPSA) is 55.9 Å². The van der Waals surface area contributed by atoms with Crippen LogP contribution in [0.1, 0.15) is 49.5 Å². The Morgan fingerprint density at radius 2 is 2.05 bits per heavy atom. The van der Waals surface area contributed by atoms with Crippen LogP contribution in [0.3, 0.4) is 0 Å². The van der Waals surface area contributed by atoms with Gasteiger partial charge in [-0.3, -0.25) is 0 Å². The summed E-state index contributed by atoms with van der Waals surface area (Å²) in [5.74, 6) is 0.868. The van der Waals surface area contributed by atoms with Crippen LogP contribution >= 0.6 is 0 Å². The zero-order valence-electron chi connectivity index (χ0n) is 12.5. The fourth-order valence-corrected chi connectivity index (χ4v) is 2.45. The molecule has 5 nitrogen and oxygen atoms in total. The van der Waals surface area contributed by atoms with Crippen molar-refractivity contribution in [3.8, 4) is 0 Å². The number of hydrogen-bond acceptors (Lipinski definition) is 4. The highest BCUT2D eigenvalue weighted by Crippen LogP contribution is 2.29. The molecule has 0 amide bonds. The first-order valence-corrected chi connectivity index (χ1v) is 6.52. The van der Waals surface area contributed by atoms with E-state index in [0.717, 1.165) is 22.7 Å². The minimum atomic E-state index is -0.135. The van der Waals surface area contributed by atoms with Gasteiger partial charge >= 0.3 is 0 Å². The molecule has 1 atom stereocenters. The number of hydrogen-bond donors (Lipinski definition) is 1. The Kier molecular flexibility index (Phi) is 3.49. The molecule has 2 heterocycles. The predicted molar refractivity (Wildman–Crippen MR) is 74.1 cm³/mol. The molecule has 2 aromatic rings. The maximum Gasteiger partial charge on any atom is 0.139 e. The number of aromatic nitrogens is 3. The second kappa shape index (κ2) is 4.81. The summed E-state index contributed by atoms with van der Waals surface area (Å²) in [6, 6.07) is 0.149.